The van der Waals surface area contributed by atoms with Crippen molar-refractivity contribution >= 4 is 40.5 Å². The summed E-state index contributed by atoms with van der Waals surface area (Å²) in [5.74, 6) is 0. The SMILES string of the molecule is O.O=S(=O)(O)C(F)(F)F.O=S(=O)(O)C(F)(F)F.O=S(=O)(O)C(F)(F)F.O=S(=O)(O)C(F)(F)F.[Hf]. The molecule has 0 rings (SSSR count). The van der Waals surface area contributed by atoms with Gasteiger partial charge in [0, 0.05) is 25.8 Å². The summed E-state index contributed by atoms with van der Waals surface area (Å²) < 4.78 is 230. The zero-order valence-electron chi connectivity index (χ0n) is 14.2. The van der Waals surface area contributed by atoms with Gasteiger partial charge in [-0.25, -0.2) is 0 Å². The van der Waals surface area contributed by atoms with Crippen LogP contribution in [0.3, 0.4) is 0 Å². The minimum absolute atomic E-state index is 0. The summed E-state index contributed by atoms with van der Waals surface area (Å²) in [6, 6.07) is 0. The van der Waals surface area contributed by atoms with Gasteiger partial charge in [0.05, 0.1) is 0 Å². The fourth-order valence-corrected chi connectivity index (χ4v) is 0. The molecule has 0 saturated carbocycles. The van der Waals surface area contributed by atoms with Crippen molar-refractivity contribution in [3.63, 3.8) is 0 Å². The van der Waals surface area contributed by atoms with Crippen LogP contribution in [0, 0.1) is 0 Å². The van der Waals surface area contributed by atoms with Crippen LogP contribution in [-0.2, 0) is 66.3 Å². The number of halogens is 12. The van der Waals surface area contributed by atoms with Crippen molar-refractivity contribution in [2.45, 2.75) is 22.0 Å². The minimum Gasteiger partial charge on any atom is -0.412 e. The first-order chi connectivity index (χ1) is 13.0. The molecule has 6 N–H and O–H groups in total. The first-order valence-electron chi connectivity index (χ1n) is 5.15. The minimum atomic E-state index is -5.84. The van der Waals surface area contributed by atoms with Crippen molar-refractivity contribution in [1.29, 1.82) is 0 Å². The standard InChI is InChI=1S/4CHF3O3S.Hf.H2O/c4*2-1(3,4)8(5,6)7;;/h4*(H,5,6,7);;1H2. The van der Waals surface area contributed by atoms with Gasteiger partial charge in [0.25, 0.3) is 0 Å². The van der Waals surface area contributed by atoms with Gasteiger partial charge in [-0.1, -0.05) is 0 Å². The third-order valence-electron chi connectivity index (χ3n) is 1.17. The van der Waals surface area contributed by atoms with E-state index in [1.165, 1.54) is 0 Å². The van der Waals surface area contributed by atoms with Crippen LogP contribution in [-0.4, -0.2) is 79.4 Å². The normalized spacial score (nSPS) is 13.2. The summed E-state index contributed by atoms with van der Waals surface area (Å²) in [7, 11) is -23.4. The molecule has 0 heterocycles. The largest absolute Gasteiger partial charge is 0.522 e. The summed E-state index contributed by atoms with van der Waals surface area (Å²) >= 11 is 0. The third kappa shape index (κ3) is 23.4. The number of rotatable bonds is 0. The summed E-state index contributed by atoms with van der Waals surface area (Å²) in [4.78, 5) is 0. The van der Waals surface area contributed by atoms with Crippen LogP contribution in [0.25, 0.3) is 0 Å². The number of hydrogen-bond acceptors (Lipinski definition) is 8. The van der Waals surface area contributed by atoms with E-state index >= 15 is 0 Å². The summed E-state index contributed by atoms with van der Waals surface area (Å²) in [5.41, 5.74) is -22.1. The van der Waals surface area contributed by atoms with Gasteiger partial charge >= 0.3 is 62.5 Å². The second-order valence-electron chi connectivity index (χ2n) is 3.68. The van der Waals surface area contributed by atoms with Crippen LogP contribution in [0.15, 0.2) is 0 Å². The van der Waals surface area contributed by atoms with Crippen LogP contribution in [0.4, 0.5) is 52.7 Å². The summed E-state index contributed by atoms with van der Waals surface area (Å²) in [6.45, 7) is 0. The van der Waals surface area contributed by atoms with Gasteiger partial charge in [-0.15, -0.1) is 0 Å². The molecule has 0 aromatic heterocycles. The fraction of sp³-hybridized carbons (Fsp3) is 1.00. The Balaban J connectivity index is -0.0000000754. The molecule has 0 amide bonds. The second kappa shape index (κ2) is 14.4. The third-order valence-corrected chi connectivity index (χ3v) is 3.51. The molecule has 0 radical (unpaired) electrons. The van der Waals surface area contributed by atoms with Crippen LogP contribution >= 0.6 is 0 Å². The van der Waals surface area contributed by atoms with E-state index in [-0.39, 0.29) is 31.3 Å². The van der Waals surface area contributed by atoms with Gasteiger partial charge in [0.2, 0.25) is 0 Å². The van der Waals surface area contributed by atoms with Crippen molar-refractivity contribution in [3.05, 3.63) is 0 Å². The monoisotopic (exact) mass is 798 g/mol. The molecule has 0 aliphatic carbocycles. The van der Waals surface area contributed by atoms with Crippen LogP contribution in [0.5, 0.6) is 0 Å². The van der Waals surface area contributed by atoms with E-state index in [0.717, 1.165) is 0 Å². The molecule has 212 valence electrons. The molecule has 30 heteroatoms. The first kappa shape index (κ1) is 46.9. The molecule has 0 aliphatic rings. The Hall–Kier alpha value is -0.370. The molecule has 34 heavy (non-hydrogen) atoms. The van der Waals surface area contributed by atoms with E-state index < -0.39 is 62.5 Å². The van der Waals surface area contributed by atoms with Gasteiger partial charge < -0.3 is 5.48 Å². The molecule has 13 nitrogen and oxygen atoms in total. The Morgan fingerprint density at radius 1 is 0.353 bits per heavy atom. The fourth-order valence-electron chi connectivity index (χ4n) is 0. The average molecular weight is 797 g/mol. The zero-order chi connectivity index (χ0) is 28.0. The van der Waals surface area contributed by atoms with E-state index in [1.54, 1.807) is 0 Å². The quantitative estimate of drug-likeness (QED) is 0.115. The molecule has 0 bridgehead atoms. The summed E-state index contributed by atoms with van der Waals surface area (Å²) in [5, 5.41) is 0. The Kier molecular flexibility index (Phi) is 19.9. The number of hydrogen-bond donors (Lipinski definition) is 4. The molecular weight excluding hydrogens is 791 g/mol. The van der Waals surface area contributed by atoms with E-state index in [4.69, 9.17) is 51.9 Å². The molecule has 0 unspecified atom stereocenters. The molecule has 0 aromatic rings. The van der Waals surface area contributed by atoms with Gasteiger partial charge in [-0.2, -0.15) is 86.4 Å². The van der Waals surface area contributed by atoms with Gasteiger partial charge in [-0.3, -0.25) is 18.2 Å². The first-order valence-corrected chi connectivity index (χ1v) is 10.9. The van der Waals surface area contributed by atoms with Crippen LogP contribution < -0.4 is 0 Å². The van der Waals surface area contributed by atoms with Gasteiger partial charge in [-0.05, 0) is 0 Å². The Bertz CT molecular complexity index is 830. The van der Waals surface area contributed by atoms with Crippen LogP contribution in [0.2, 0.25) is 0 Å². The molecule has 0 aromatic carbocycles. The van der Waals surface area contributed by atoms with E-state index in [0.29, 0.717) is 0 Å². The maximum absolute atomic E-state index is 10.7. The predicted octanol–water partition coefficient (Wildman–Crippen LogP) is 0.749. The maximum atomic E-state index is 10.7. The Labute approximate surface area is 198 Å². The second-order valence-corrected chi connectivity index (χ2v) is 9.34. The predicted molar refractivity (Wildman–Crippen MR) is 74.0 cm³/mol. The smallest absolute Gasteiger partial charge is 0.412 e. The Morgan fingerprint density at radius 2 is 0.382 bits per heavy atom. The van der Waals surface area contributed by atoms with Crippen molar-refractivity contribution in [2.75, 3.05) is 0 Å². The van der Waals surface area contributed by atoms with Crippen LogP contribution in [0.1, 0.15) is 0 Å². The van der Waals surface area contributed by atoms with Crippen molar-refractivity contribution < 1.29 is 136 Å². The summed E-state index contributed by atoms with van der Waals surface area (Å²) in [6.07, 6.45) is 0. The van der Waals surface area contributed by atoms with Crippen molar-refractivity contribution in [1.82, 2.24) is 0 Å². The van der Waals surface area contributed by atoms with Crippen molar-refractivity contribution in [3.8, 4) is 0 Å². The van der Waals surface area contributed by atoms with Crippen molar-refractivity contribution in [2.24, 2.45) is 0 Å². The molecular formula is C4H6F12HfO13S4. The molecule has 0 aliphatic heterocycles. The average Bonchev–Trinajstić information content (AvgIpc) is 2.30. The van der Waals surface area contributed by atoms with E-state index in [1.807, 2.05) is 0 Å². The van der Waals surface area contributed by atoms with E-state index in [2.05, 4.69) is 0 Å². The molecule has 0 saturated heterocycles. The Morgan fingerprint density at radius 3 is 0.382 bits per heavy atom. The molecule has 0 atom stereocenters. The number of alkyl halides is 12. The zero-order valence-corrected chi connectivity index (χ0v) is 21.1. The molecule has 0 spiro atoms. The van der Waals surface area contributed by atoms with Gasteiger partial charge in [0.15, 0.2) is 0 Å². The van der Waals surface area contributed by atoms with Gasteiger partial charge in [0.1, 0.15) is 0 Å². The topological polar surface area (TPSA) is 249 Å². The maximum Gasteiger partial charge on any atom is 0.522 e. The molecule has 0 fully saturated rings. The van der Waals surface area contributed by atoms with E-state index in [9.17, 15) is 52.7 Å².